The van der Waals surface area contributed by atoms with E-state index in [9.17, 15) is 0 Å². The Kier molecular flexibility index (Phi) is 4.78. The molecule has 2 aromatic carbocycles. The lowest BCUT2D eigenvalue weighted by Gasteiger charge is -1.99. The van der Waals surface area contributed by atoms with Crippen LogP contribution in [0.15, 0.2) is 63.9 Å². The summed E-state index contributed by atoms with van der Waals surface area (Å²) in [7, 11) is 0. The number of nitriles is 1. The Labute approximate surface area is 123 Å². The first-order chi connectivity index (χ1) is 10.2. The van der Waals surface area contributed by atoms with Crippen molar-refractivity contribution in [3.05, 3.63) is 59.7 Å². The maximum absolute atomic E-state index is 9.00. The maximum Gasteiger partial charge on any atom is 0.270 e. The lowest BCUT2D eigenvalue weighted by atomic mass is 10.2. The van der Waals surface area contributed by atoms with Gasteiger partial charge in [0.15, 0.2) is 0 Å². The van der Waals surface area contributed by atoms with E-state index in [4.69, 9.17) is 5.26 Å². The number of hydrogen-bond acceptors (Lipinski definition) is 4. The summed E-state index contributed by atoms with van der Waals surface area (Å²) in [5, 5.41) is 20.7. The van der Waals surface area contributed by atoms with Crippen molar-refractivity contribution < 1.29 is 0 Å². The fourth-order valence-electron chi connectivity index (χ4n) is 1.53. The lowest BCUT2D eigenvalue weighted by molar-refractivity contribution is 1.23. The summed E-state index contributed by atoms with van der Waals surface area (Å²) in [6.07, 6.45) is 0. The van der Waals surface area contributed by atoms with Crippen molar-refractivity contribution in [3.8, 4) is 6.07 Å². The number of amidine groups is 1. The van der Waals surface area contributed by atoms with E-state index in [-0.39, 0.29) is 5.84 Å². The summed E-state index contributed by atoms with van der Waals surface area (Å²) in [6, 6.07) is 17.1. The predicted molar refractivity (Wildman–Crippen MR) is 83.5 cm³/mol. The SMILES string of the molecule is Cc1ccc(N=N/C(C#N)=N\Nc2ccc(C)cc2)cc1. The minimum absolute atomic E-state index is 0.0313. The molecule has 104 valence electrons. The van der Waals surface area contributed by atoms with Crippen molar-refractivity contribution in [1.82, 2.24) is 0 Å². The van der Waals surface area contributed by atoms with Crippen LogP contribution in [-0.4, -0.2) is 5.84 Å². The van der Waals surface area contributed by atoms with Crippen molar-refractivity contribution in [2.75, 3.05) is 5.43 Å². The molecule has 0 radical (unpaired) electrons. The second kappa shape index (κ2) is 6.96. The van der Waals surface area contributed by atoms with Crippen LogP contribution in [0.5, 0.6) is 0 Å². The highest BCUT2D eigenvalue weighted by Gasteiger charge is 1.96. The third-order valence-electron chi connectivity index (χ3n) is 2.74. The summed E-state index contributed by atoms with van der Waals surface area (Å²) >= 11 is 0. The quantitative estimate of drug-likeness (QED) is 0.392. The Morgan fingerprint density at radius 3 is 2.10 bits per heavy atom. The van der Waals surface area contributed by atoms with Crippen LogP contribution in [0.3, 0.4) is 0 Å². The minimum atomic E-state index is -0.0313. The van der Waals surface area contributed by atoms with Gasteiger partial charge in [0.2, 0.25) is 0 Å². The molecule has 21 heavy (non-hydrogen) atoms. The first kappa shape index (κ1) is 14.4. The molecule has 0 bridgehead atoms. The van der Waals surface area contributed by atoms with Crippen molar-refractivity contribution in [1.29, 1.82) is 5.26 Å². The Morgan fingerprint density at radius 2 is 1.52 bits per heavy atom. The number of benzene rings is 2. The summed E-state index contributed by atoms with van der Waals surface area (Å²) in [5.41, 5.74) is 6.55. The summed E-state index contributed by atoms with van der Waals surface area (Å²) in [4.78, 5) is 0. The Hall–Kier alpha value is -3.00. The molecule has 0 atom stereocenters. The first-order valence-electron chi connectivity index (χ1n) is 6.46. The molecule has 0 heterocycles. The minimum Gasteiger partial charge on any atom is -0.276 e. The van der Waals surface area contributed by atoms with Crippen LogP contribution >= 0.6 is 0 Å². The molecular formula is C16H15N5. The standard InChI is InChI=1S/C16H15N5/c1-12-3-7-14(8-4-12)18-20-16(11-17)21-19-15-9-5-13(2)6-10-15/h3-10,18H,1-2H3/b20-16-,21-19?. The number of nitrogens with one attached hydrogen (secondary N) is 1. The normalized spacial score (nSPS) is 11.4. The second-order valence-electron chi connectivity index (χ2n) is 4.56. The first-order valence-corrected chi connectivity index (χ1v) is 6.46. The van der Waals surface area contributed by atoms with Gasteiger partial charge in [-0.05, 0) is 38.1 Å². The van der Waals surface area contributed by atoms with Gasteiger partial charge >= 0.3 is 0 Å². The Balaban J connectivity index is 2.05. The van der Waals surface area contributed by atoms with Crippen molar-refractivity contribution in [2.45, 2.75) is 13.8 Å². The molecule has 0 aliphatic carbocycles. The van der Waals surface area contributed by atoms with Crippen molar-refractivity contribution in [2.24, 2.45) is 15.3 Å². The third-order valence-corrected chi connectivity index (χ3v) is 2.74. The highest BCUT2D eigenvalue weighted by atomic mass is 15.3. The van der Waals surface area contributed by atoms with Crippen LogP contribution < -0.4 is 5.43 Å². The highest BCUT2D eigenvalue weighted by Crippen LogP contribution is 2.13. The number of rotatable bonds is 3. The van der Waals surface area contributed by atoms with Gasteiger partial charge in [-0.1, -0.05) is 35.4 Å². The molecular weight excluding hydrogens is 262 g/mol. The number of aryl methyl sites for hydroxylation is 2. The average Bonchev–Trinajstić information content (AvgIpc) is 2.51. The molecule has 5 nitrogen and oxygen atoms in total. The number of anilines is 1. The maximum atomic E-state index is 9.00. The predicted octanol–water partition coefficient (Wildman–Crippen LogP) is 4.34. The van der Waals surface area contributed by atoms with Crippen LogP contribution in [0, 0.1) is 25.2 Å². The van der Waals surface area contributed by atoms with E-state index in [2.05, 4.69) is 20.8 Å². The molecule has 2 rings (SSSR count). The molecule has 0 aromatic heterocycles. The van der Waals surface area contributed by atoms with Gasteiger partial charge < -0.3 is 0 Å². The van der Waals surface area contributed by atoms with E-state index < -0.39 is 0 Å². The van der Waals surface area contributed by atoms with E-state index >= 15 is 0 Å². The third kappa shape index (κ3) is 4.55. The zero-order chi connectivity index (χ0) is 15.1. The fourth-order valence-corrected chi connectivity index (χ4v) is 1.53. The molecule has 5 heteroatoms. The molecule has 0 aliphatic heterocycles. The lowest BCUT2D eigenvalue weighted by Crippen LogP contribution is -1.95. The van der Waals surface area contributed by atoms with Crippen LogP contribution in [0.1, 0.15) is 11.1 Å². The van der Waals surface area contributed by atoms with Crippen LogP contribution in [0.25, 0.3) is 0 Å². The van der Waals surface area contributed by atoms with E-state index in [1.165, 1.54) is 0 Å². The largest absolute Gasteiger partial charge is 0.276 e. The van der Waals surface area contributed by atoms with Crippen LogP contribution in [0.4, 0.5) is 11.4 Å². The highest BCUT2D eigenvalue weighted by molar-refractivity contribution is 5.97. The zero-order valence-corrected chi connectivity index (χ0v) is 11.9. The van der Waals surface area contributed by atoms with Gasteiger partial charge in [0.1, 0.15) is 6.07 Å². The Bertz CT molecular complexity index is 691. The number of nitrogens with zero attached hydrogens (tertiary/aromatic N) is 4. The zero-order valence-electron chi connectivity index (χ0n) is 11.9. The van der Waals surface area contributed by atoms with E-state index in [1.807, 2.05) is 68.4 Å². The molecule has 0 aliphatic rings. The van der Waals surface area contributed by atoms with E-state index in [0.29, 0.717) is 5.69 Å². The monoisotopic (exact) mass is 277 g/mol. The molecule has 0 unspecified atom stereocenters. The van der Waals surface area contributed by atoms with Gasteiger partial charge in [0.25, 0.3) is 5.84 Å². The van der Waals surface area contributed by atoms with Gasteiger partial charge in [-0.15, -0.1) is 15.3 Å². The van der Waals surface area contributed by atoms with Crippen LogP contribution in [0.2, 0.25) is 0 Å². The molecule has 0 saturated carbocycles. The Morgan fingerprint density at radius 1 is 0.952 bits per heavy atom. The van der Waals surface area contributed by atoms with Gasteiger partial charge in [0.05, 0.1) is 11.4 Å². The van der Waals surface area contributed by atoms with Crippen LogP contribution in [-0.2, 0) is 0 Å². The van der Waals surface area contributed by atoms with Crippen molar-refractivity contribution in [3.63, 3.8) is 0 Å². The van der Waals surface area contributed by atoms with Crippen molar-refractivity contribution >= 4 is 17.2 Å². The summed E-state index contributed by atoms with van der Waals surface area (Å²) in [6.45, 7) is 4.00. The average molecular weight is 277 g/mol. The second-order valence-corrected chi connectivity index (χ2v) is 4.56. The smallest absolute Gasteiger partial charge is 0.270 e. The van der Waals surface area contributed by atoms with Gasteiger partial charge in [-0.2, -0.15) is 5.26 Å². The topological polar surface area (TPSA) is 72.9 Å². The van der Waals surface area contributed by atoms with Gasteiger partial charge in [0, 0.05) is 0 Å². The molecule has 0 saturated heterocycles. The number of hydrogen-bond donors (Lipinski definition) is 1. The summed E-state index contributed by atoms with van der Waals surface area (Å²) < 4.78 is 0. The number of azo groups is 1. The molecule has 1 N–H and O–H groups in total. The summed E-state index contributed by atoms with van der Waals surface area (Å²) in [5.74, 6) is -0.0313. The van der Waals surface area contributed by atoms with Gasteiger partial charge in [-0.3, -0.25) is 5.43 Å². The fraction of sp³-hybridized carbons (Fsp3) is 0.125. The van der Waals surface area contributed by atoms with E-state index in [1.54, 1.807) is 0 Å². The molecule has 2 aromatic rings. The molecule has 0 amide bonds. The number of hydrazone groups is 1. The molecule has 0 spiro atoms. The van der Waals surface area contributed by atoms with E-state index in [0.717, 1.165) is 16.8 Å². The van der Waals surface area contributed by atoms with Gasteiger partial charge in [-0.25, -0.2) is 0 Å². The molecule has 0 fully saturated rings.